The molecule has 3 nitrogen and oxygen atoms in total. The van der Waals surface area contributed by atoms with Crippen LogP contribution in [-0.2, 0) is 6.54 Å². The maximum Gasteiger partial charge on any atom is 0.128 e. The molecule has 1 fully saturated rings. The molecule has 0 bridgehead atoms. The molecular weight excluding hydrogens is 210 g/mol. The van der Waals surface area contributed by atoms with Crippen LogP contribution in [0.4, 0.5) is 5.82 Å². The van der Waals surface area contributed by atoms with Gasteiger partial charge in [0.2, 0.25) is 0 Å². The van der Waals surface area contributed by atoms with Crippen LogP contribution < -0.4 is 10.2 Å². The molecule has 0 saturated heterocycles. The molecule has 1 aromatic rings. The van der Waals surface area contributed by atoms with Crippen molar-refractivity contribution in [3.8, 4) is 0 Å². The first-order valence-corrected chi connectivity index (χ1v) is 6.66. The summed E-state index contributed by atoms with van der Waals surface area (Å²) in [5.41, 5.74) is 1.26. The second-order valence-electron chi connectivity index (χ2n) is 4.98. The molecule has 1 saturated carbocycles. The van der Waals surface area contributed by atoms with Crippen molar-refractivity contribution in [1.29, 1.82) is 0 Å². The van der Waals surface area contributed by atoms with E-state index < -0.39 is 0 Å². The van der Waals surface area contributed by atoms with E-state index >= 15 is 0 Å². The van der Waals surface area contributed by atoms with Gasteiger partial charge < -0.3 is 10.2 Å². The highest BCUT2D eigenvalue weighted by Crippen LogP contribution is 2.27. The standard InChI is InChI=1S/C14H23N3/c1-3-15-9-13-7-8-14(16-10-13)17(2)11-12-5-4-6-12/h7-8,10,12,15H,3-6,9,11H2,1-2H3. The van der Waals surface area contributed by atoms with Crippen molar-refractivity contribution >= 4 is 5.82 Å². The molecule has 0 spiro atoms. The third-order valence-corrected chi connectivity index (χ3v) is 3.54. The lowest BCUT2D eigenvalue weighted by atomic mass is 9.85. The Kier molecular flexibility index (Phi) is 4.37. The molecule has 0 unspecified atom stereocenters. The zero-order chi connectivity index (χ0) is 12.1. The van der Waals surface area contributed by atoms with Crippen LogP contribution in [0, 0.1) is 5.92 Å². The molecule has 0 aromatic carbocycles. The number of nitrogens with zero attached hydrogens (tertiary/aromatic N) is 2. The second-order valence-corrected chi connectivity index (χ2v) is 4.98. The predicted octanol–water partition coefficient (Wildman–Crippen LogP) is 2.43. The molecule has 2 rings (SSSR count). The highest BCUT2D eigenvalue weighted by molar-refractivity contribution is 5.38. The highest BCUT2D eigenvalue weighted by Gasteiger charge is 2.19. The fourth-order valence-electron chi connectivity index (χ4n) is 2.17. The predicted molar refractivity (Wildman–Crippen MR) is 72.2 cm³/mol. The Balaban J connectivity index is 1.87. The Hall–Kier alpha value is -1.09. The second kappa shape index (κ2) is 6.01. The zero-order valence-corrected chi connectivity index (χ0v) is 10.9. The minimum Gasteiger partial charge on any atom is -0.359 e. The average Bonchev–Trinajstić information content (AvgIpc) is 2.31. The van der Waals surface area contributed by atoms with Crippen LogP contribution >= 0.6 is 0 Å². The van der Waals surface area contributed by atoms with Crippen LogP contribution in [0.5, 0.6) is 0 Å². The topological polar surface area (TPSA) is 28.2 Å². The maximum absolute atomic E-state index is 4.53. The van der Waals surface area contributed by atoms with Gasteiger partial charge in [0.05, 0.1) is 0 Å². The number of aromatic nitrogens is 1. The van der Waals surface area contributed by atoms with E-state index in [2.05, 4.69) is 41.3 Å². The molecule has 0 aliphatic heterocycles. The molecule has 0 amide bonds. The first kappa shape index (κ1) is 12.4. The normalized spacial score (nSPS) is 15.6. The molecular formula is C14H23N3. The van der Waals surface area contributed by atoms with Gasteiger partial charge in [-0.05, 0) is 36.9 Å². The molecule has 3 heteroatoms. The van der Waals surface area contributed by atoms with Gasteiger partial charge in [-0.2, -0.15) is 0 Å². The zero-order valence-electron chi connectivity index (χ0n) is 10.9. The minimum absolute atomic E-state index is 0.892. The summed E-state index contributed by atoms with van der Waals surface area (Å²) >= 11 is 0. The number of hydrogen-bond donors (Lipinski definition) is 1. The summed E-state index contributed by atoms with van der Waals surface area (Å²) in [4.78, 5) is 6.81. The summed E-state index contributed by atoms with van der Waals surface area (Å²) in [7, 11) is 2.14. The summed E-state index contributed by atoms with van der Waals surface area (Å²) in [5, 5.41) is 3.31. The van der Waals surface area contributed by atoms with Gasteiger partial charge in [-0.3, -0.25) is 0 Å². The Morgan fingerprint density at radius 1 is 1.41 bits per heavy atom. The van der Waals surface area contributed by atoms with Crippen LogP contribution in [0.3, 0.4) is 0 Å². The average molecular weight is 233 g/mol. The van der Waals surface area contributed by atoms with Gasteiger partial charge >= 0.3 is 0 Å². The molecule has 1 N–H and O–H groups in total. The Morgan fingerprint density at radius 2 is 2.24 bits per heavy atom. The number of pyridine rings is 1. The van der Waals surface area contributed by atoms with E-state index in [0.29, 0.717) is 0 Å². The molecule has 1 aliphatic carbocycles. The first-order chi connectivity index (χ1) is 8.29. The monoisotopic (exact) mass is 233 g/mol. The molecule has 1 heterocycles. The van der Waals surface area contributed by atoms with Crippen molar-refractivity contribution in [1.82, 2.24) is 10.3 Å². The summed E-state index contributed by atoms with van der Waals surface area (Å²) in [6.45, 7) is 5.19. The van der Waals surface area contributed by atoms with Crippen LogP contribution in [-0.4, -0.2) is 25.1 Å². The molecule has 1 aliphatic rings. The van der Waals surface area contributed by atoms with Crippen LogP contribution in [0.25, 0.3) is 0 Å². The van der Waals surface area contributed by atoms with Gasteiger partial charge in [0.1, 0.15) is 5.82 Å². The number of nitrogens with one attached hydrogen (secondary N) is 1. The maximum atomic E-state index is 4.53. The van der Waals surface area contributed by atoms with E-state index in [4.69, 9.17) is 0 Å². The van der Waals surface area contributed by atoms with E-state index in [-0.39, 0.29) is 0 Å². The van der Waals surface area contributed by atoms with Crippen LogP contribution in [0.2, 0.25) is 0 Å². The fourth-order valence-corrected chi connectivity index (χ4v) is 2.17. The van der Waals surface area contributed by atoms with Crippen LogP contribution in [0.15, 0.2) is 18.3 Å². The SMILES string of the molecule is CCNCc1ccc(N(C)CC2CCC2)nc1. The van der Waals surface area contributed by atoms with Gasteiger partial charge in [-0.25, -0.2) is 4.98 Å². The Labute approximate surface area is 104 Å². The third kappa shape index (κ3) is 3.43. The van der Waals surface area contributed by atoms with Gasteiger partial charge in [0.25, 0.3) is 0 Å². The van der Waals surface area contributed by atoms with E-state index in [1.807, 2.05) is 6.20 Å². The lowest BCUT2D eigenvalue weighted by Gasteiger charge is -2.30. The molecule has 1 aromatic heterocycles. The summed E-state index contributed by atoms with van der Waals surface area (Å²) in [6.07, 6.45) is 6.18. The Morgan fingerprint density at radius 3 is 2.76 bits per heavy atom. The Bertz CT molecular complexity index is 330. The molecule has 17 heavy (non-hydrogen) atoms. The van der Waals surface area contributed by atoms with Crippen molar-refractivity contribution in [2.75, 3.05) is 25.0 Å². The van der Waals surface area contributed by atoms with Crippen LogP contribution in [0.1, 0.15) is 31.7 Å². The lowest BCUT2D eigenvalue weighted by molar-refractivity contribution is 0.321. The largest absolute Gasteiger partial charge is 0.359 e. The summed E-state index contributed by atoms with van der Waals surface area (Å²) < 4.78 is 0. The third-order valence-electron chi connectivity index (χ3n) is 3.54. The number of rotatable bonds is 6. The summed E-state index contributed by atoms with van der Waals surface area (Å²) in [6, 6.07) is 4.30. The fraction of sp³-hybridized carbons (Fsp3) is 0.643. The van der Waals surface area contributed by atoms with E-state index in [9.17, 15) is 0 Å². The molecule has 0 atom stereocenters. The smallest absolute Gasteiger partial charge is 0.128 e. The quantitative estimate of drug-likeness (QED) is 0.818. The number of hydrogen-bond acceptors (Lipinski definition) is 3. The number of anilines is 1. The van der Waals surface area contributed by atoms with Crippen molar-refractivity contribution in [3.63, 3.8) is 0 Å². The molecule has 0 radical (unpaired) electrons. The van der Waals surface area contributed by atoms with E-state index in [1.165, 1.54) is 24.8 Å². The van der Waals surface area contributed by atoms with Crippen molar-refractivity contribution in [2.24, 2.45) is 5.92 Å². The lowest BCUT2D eigenvalue weighted by Crippen LogP contribution is -2.29. The van der Waals surface area contributed by atoms with Crippen molar-refractivity contribution < 1.29 is 0 Å². The van der Waals surface area contributed by atoms with Gasteiger partial charge in [0.15, 0.2) is 0 Å². The first-order valence-electron chi connectivity index (χ1n) is 6.66. The van der Waals surface area contributed by atoms with Crippen molar-refractivity contribution in [3.05, 3.63) is 23.9 Å². The minimum atomic E-state index is 0.892. The summed E-state index contributed by atoms with van der Waals surface area (Å²) in [5.74, 6) is 1.99. The highest BCUT2D eigenvalue weighted by atomic mass is 15.2. The van der Waals surface area contributed by atoms with Gasteiger partial charge in [-0.15, -0.1) is 0 Å². The van der Waals surface area contributed by atoms with E-state index in [0.717, 1.165) is 31.4 Å². The van der Waals surface area contributed by atoms with Crippen molar-refractivity contribution in [2.45, 2.75) is 32.7 Å². The molecule has 94 valence electrons. The van der Waals surface area contributed by atoms with E-state index in [1.54, 1.807) is 0 Å². The van der Waals surface area contributed by atoms with Gasteiger partial charge in [0, 0.05) is 26.3 Å². The van der Waals surface area contributed by atoms with Gasteiger partial charge in [-0.1, -0.05) is 19.4 Å².